The number of hydrogen-bond donors (Lipinski definition) is 1. The first kappa shape index (κ1) is 14.7. The molecule has 5 nitrogen and oxygen atoms in total. The largest absolute Gasteiger partial charge is 0.368 e. The van der Waals surface area contributed by atoms with Gasteiger partial charge in [-0.05, 0) is 31.4 Å². The highest BCUT2D eigenvalue weighted by molar-refractivity contribution is 5.79. The zero-order valence-electron chi connectivity index (χ0n) is 12.7. The van der Waals surface area contributed by atoms with E-state index in [1.807, 2.05) is 29.3 Å². The smallest absolute Gasteiger partial charge is 0.225 e. The number of benzene rings is 1. The Balaban J connectivity index is 1.51. The molecule has 5 heteroatoms. The van der Waals surface area contributed by atoms with Gasteiger partial charge in [-0.15, -0.1) is 0 Å². The van der Waals surface area contributed by atoms with Crippen LogP contribution in [0, 0.1) is 17.4 Å². The van der Waals surface area contributed by atoms with E-state index in [0.717, 1.165) is 45.4 Å². The van der Waals surface area contributed by atoms with Gasteiger partial charge in [0.15, 0.2) is 6.19 Å². The first-order valence-corrected chi connectivity index (χ1v) is 8.01. The highest BCUT2D eigenvalue weighted by Gasteiger charge is 2.33. The van der Waals surface area contributed by atoms with E-state index < -0.39 is 0 Å². The van der Waals surface area contributed by atoms with Gasteiger partial charge in [-0.1, -0.05) is 18.2 Å². The van der Waals surface area contributed by atoms with Crippen LogP contribution in [0.15, 0.2) is 30.3 Å². The summed E-state index contributed by atoms with van der Waals surface area (Å²) < 4.78 is 0. The first-order chi connectivity index (χ1) is 10.8. The van der Waals surface area contributed by atoms with Gasteiger partial charge in [-0.25, -0.2) is 0 Å². The van der Waals surface area contributed by atoms with Crippen LogP contribution in [0.4, 0.5) is 5.69 Å². The molecule has 1 aliphatic heterocycles. The summed E-state index contributed by atoms with van der Waals surface area (Å²) in [5.41, 5.74) is 1.23. The summed E-state index contributed by atoms with van der Waals surface area (Å²) in [4.78, 5) is 16.9. The maximum atomic E-state index is 12.6. The standard InChI is InChI=1S/C17H22N4O/c18-13-19-15-7-6-14(12-15)17(22)21-10-8-20(9-11-21)16-4-2-1-3-5-16/h1-5,14-15,19H,6-12H2/t14-,15-/m0/s1. The topological polar surface area (TPSA) is 59.4 Å². The second-order valence-corrected chi connectivity index (χ2v) is 6.11. The van der Waals surface area contributed by atoms with Crippen LogP contribution in [0.2, 0.25) is 0 Å². The maximum Gasteiger partial charge on any atom is 0.225 e. The molecular weight excluding hydrogens is 276 g/mol. The van der Waals surface area contributed by atoms with Crippen molar-refractivity contribution >= 4 is 11.6 Å². The molecule has 2 aliphatic rings. The van der Waals surface area contributed by atoms with Crippen molar-refractivity contribution < 1.29 is 4.79 Å². The van der Waals surface area contributed by atoms with Crippen molar-refractivity contribution in [3.8, 4) is 6.19 Å². The zero-order valence-corrected chi connectivity index (χ0v) is 12.7. The van der Waals surface area contributed by atoms with Gasteiger partial charge in [0.25, 0.3) is 0 Å². The minimum Gasteiger partial charge on any atom is -0.368 e. The summed E-state index contributed by atoms with van der Waals surface area (Å²) in [6.07, 6.45) is 4.61. The van der Waals surface area contributed by atoms with E-state index in [1.165, 1.54) is 5.69 Å². The summed E-state index contributed by atoms with van der Waals surface area (Å²) in [5, 5.41) is 11.5. The molecule has 1 amide bonds. The summed E-state index contributed by atoms with van der Waals surface area (Å²) in [5.74, 6) is 0.365. The van der Waals surface area contributed by atoms with Crippen LogP contribution in [0.5, 0.6) is 0 Å². The summed E-state index contributed by atoms with van der Waals surface area (Å²) >= 11 is 0. The minimum absolute atomic E-state index is 0.0918. The Kier molecular flexibility index (Phi) is 4.47. The second kappa shape index (κ2) is 6.69. The molecule has 1 aliphatic carbocycles. The molecule has 0 unspecified atom stereocenters. The Labute approximate surface area is 131 Å². The molecular formula is C17H22N4O. The predicted molar refractivity (Wildman–Crippen MR) is 85.1 cm³/mol. The van der Waals surface area contributed by atoms with E-state index in [1.54, 1.807) is 0 Å². The van der Waals surface area contributed by atoms with Crippen molar-refractivity contribution in [2.45, 2.75) is 25.3 Å². The van der Waals surface area contributed by atoms with Crippen LogP contribution in [-0.4, -0.2) is 43.0 Å². The quantitative estimate of drug-likeness (QED) is 0.680. The number of para-hydroxylation sites is 1. The lowest BCUT2D eigenvalue weighted by Crippen LogP contribution is -2.50. The highest BCUT2D eigenvalue weighted by Crippen LogP contribution is 2.28. The number of anilines is 1. The SMILES string of the molecule is N#CN[C@H]1CC[C@H](C(=O)N2CCN(c3ccccc3)CC2)C1. The Morgan fingerprint density at radius 3 is 2.55 bits per heavy atom. The lowest BCUT2D eigenvalue weighted by Gasteiger charge is -2.37. The fourth-order valence-electron chi connectivity index (χ4n) is 3.51. The summed E-state index contributed by atoms with van der Waals surface area (Å²) in [6, 6.07) is 10.5. The van der Waals surface area contributed by atoms with Gasteiger partial charge >= 0.3 is 0 Å². The fraction of sp³-hybridized carbons (Fsp3) is 0.529. The second-order valence-electron chi connectivity index (χ2n) is 6.11. The Morgan fingerprint density at radius 2 is 1.86 bits per heavy atom. The predicted octanol–water partition coefficient (Wildman–Crippen LogP) is 1.57. The van der Waals surface area contributed by atoms with E-state index in [9.17, 15) is 4.79 Å². The lowest BCUT2D eigenvalue weighted by atomic mass is 10.1. The molecule has 1 heterocycles. The minimum atomic E-state index is 0.0918. The average Bonchev–Trinajstić information content (AvgIpc) is 3.04. The molecule has 2 atom stereocenters. The number of hydrogen-bond acceptors (Lipinski definition) is 4. The number of nitrogens with one attached hydrogen (secondary N) is 1. The molecule has 3 rings (SSSR count). The van der Waals surface area contributed by atoms with E-state index in [4.69, 9.17) is 5.26 Å². The first-order valence-electron chi connectivity index (χ1n) is 8.01. The van der Waals surface area contributed by atoms with Crippen molar-refractivity contribution in [3.05, 3.63) is 30.3 Å². The van der Waals surface area contributed by atoms with Gasteiger partial charge < -0.3 is 15.1 Å². The Morgan fingerprint density at radius 1 is 1.14 bits per heavy atom. The number of nitrogens with zero attached hydrogens (tertiary/aromatic N) is 3. The molecule has 1 saturated carbocycles. The summed E-state index contributed by atoms with van der Waals surface area (Å²) in [7, 11) is 0. The lowest BCUT2D eigenvalue weighted by molar-refractivity contribution is -0.135. The van der Waals surface area contributed by atoms with E-state index in [-0.39, 0.29) is 17.9 Å². The third-order valence-electron chi connectivity index (χ3n) is 4.76. The van der Waals surface area contributed by atoms with E-state index >= 15 is 0 Å². The number of carbonyl (C=O) groups is 1. The molecule has 1 aromatic rings. The van der Waals surface area contributed by atoms with Gasteiger partial charge in [0.05, 0.1) is 0 Å². The van der Waals surface area contributed by atoms with E-state index in [0.29, 0.717) is 0 Å². The van der Waals surface area contributed by atoms with Gasteiger partial charge in [-0.3, -0.25) is 4.79 Å². The molecule has 1 aromatic carbocycles. The van der Waals surface area contributed by atoms with Crippen LogP contribution in [-0.2, 0) is 4.79 Å². The van der Waals surface area contributed by atoms with Crippen LogP contribution in [0.25, 0.3) is 0 Å². The number of carbonyl (C=O) groups excluding carboxylic acids is 1. The van der Waals surface area contributed by atoms with Gasteiger partial charge in [0.2, 0.25) is 5.91 Å². The Bertz CT molecular complexity index is 546. The van der Waals surface area contributed by atoms with Gasteiger partial charge in [0, 0.05) is 43.8 Å². The van der Waals surface area contributed by atoms with Crippen LogP contribution >= 0.6 is 0 Å². The third-order valence-corrected chi connectivity index (χ3v) is 4.76. The normalized spacial score (nSPS) is 24.9. The molecule has 0 aromatic heterocycles. The van der Waals surface area contributed by atoms with Crippen molar-refractivity contribution in [3.63, 3.8) is 0 Å². The highest BCUT2D eigenvalue weighted by atomic mass is 16.2. The number of amides is 1. The third kappa shape index (κ3) is 3.16. The molecule has 1 saturated heterocycles. The van der Waals surface area contributed by atoms with Crippen LogP contribution < -0.4 is 10.2 Å². The molecule has 0 radical (unpaired) electrons. The fourth-order valence-corrected chi connectivity index (χ4v) is 3.51. The van der Waals surface area contributed by atoms with E-state index in [2.05, 4.69) is 22.3 Å². The molecule has 2 fully saturated rings. The molecule has 22 heavy (non-hydrogen) atoms. The molecule has 1 N–H and O–H groups in total. The number of piperazine rings is 1. The van der Waals surface area contributed by atoms with Gasteiger partial charge in [0.1, 0.15) is 0 Å². The number of rotatable bonds is 3. The van der Waals surface area contributed by atoms with Crippen LogP contribution in [0.1, 0.15) is 19.3 Å². The van der Waals surface area contributed by atoms with Crippen molar-refractivity contribution in [1.82, 2.24) is 10.2 Å². The molecule has 0 bridgehead atoms. The molecule has 0 spiro atoms. The molecule has 116 valence electrons. The van der Waals surface area contributed by atoms with Crippen molar-refractivity contribution in [2.75, 3.05) is 31.1 Å². The van der Waals surface area contributed by atoms with Crippen molar-refractivity contribution in [1.29, 1.82) is 5.26 Å². The van der Waals surface area contributed by atoms with Crippen LogP contribution in [0.3, 0.4) is 0 Å². The van der Waals surface area contributed by atoms with Crippen molar-refractivity contribution in [2.24, 2.45) is 5.92 Å². The van der Waals surface area contributed by atoms with Gasteiger partial charge in [-0.2, -0.15) is 5.26 Å². The average molecular weight is 298 g/mol. The number of nitriles is 1. The maximum absolute atomic E-state index is 12.6. The monoisotopic (exact) mass is 298 g/mol. The summed E-state index contributed by atoms with van der Waals surface area (Å²) in [6.45, 7) is 3.37. The zero-order chi connectivity index (χ0) is 15.4. The Hall–Kier alpha value is -2.22.